The molecule has 116 valence electrons. The van der Waals surface area contributed by atoms with E-state index in [1.165, 1.54) is 26.4 Å². The van der Waals surface area contributed by atoms with Crippen molar-refractivity contribution in [3.05, 3.63) is 22.2 Å². The van der Waals surface area contributed by atoms with Gasteiger partial charge >= 0.3 is 5.97 Å². The van der Waals surface area contributed by atoms with Crippen molar-refractivity contribution in [1.29, 1.82) is 0 Å². The average Bonchev–Trinajstić information content (AvgIpc) is 2.43. The van der Waals surface area contributed by atoms with Crippen molar-refractivity contribution in [2.75, 3.05) is 20.8 Å². The highest BCUT2D eigenvalue weighted by Crippen LogP contribution is 2.36. The molecule has 1 aromatic rings. The first-order valence-corrected chi connectivity index (χ1v) is 6.67. The lowest BCUT2D eigenvalue weighted by atomic mass is 10.1. The Morgan fingerprint density at radius 3 is 2.43 bits per heavy atom. The number of ether oxygens (including phenoxy) is 2. The first-order chi connectivity index (χ1) is 9.72. The molecule has 0 aliphatic heterocycles. The highest BCUT2D eigenvalue weighted by molar-refractivity contribution is 9.10. The van der Waals surface area contributed by atoms with Gasteiger partial charge < -0.3 is 25.0 Å². The van der Waals surface area contributed by atoms with E-state index >= 15 is 0 Å². The van der Waals surface area contributed by atoms with Gasteiger partial charge in [-0.2, -0.15) is 0 Å². The zero-order chi connectivity index (χ0) is 16.2. The third kappa shape index (κ3) is 4.08. The summed E-state index contributed by atoms with van der Waals surface area (Å²) in [7, 11) is 2.90. The minimum Gasteiger partial charge on any atom is -0.493 e. The maximum atomic E-state index is 12.0. The molecule has 1 unspecified atom stereocenters. The number of nitrogens with one attached hydrogen (secondary N) is 1. The summed E-state index contributed by atoms with van der Waals surface area (Å²) in [5.74, 6) is -1.18. The fourth-order valence-electron chi connectivity index (χ4n) is 1.48. The lowest BCUT2D eigenvalue weighted by Crippen LogP contribution is -2.46. The van der Waals surface area contributed by atoms with E-state index in [4.69, 9.17) is 14.6 Å². The predicted octanol–water partition coefficient (Wildman–Crippen LogP) is 1.03. The first kappa shape index (κ1) is 17.3. The van der Waals surface area contributed by atoms with E-state index in [9.17, 15) is 14.7 Å². The van der Waals surface area contributed by atoms with E-state index < -0.39 is 24.0 Å². The molecule has 0 saturated heterocycles. The van der Waals surface area contributed by atoms with Crippen LogP contribution in [0.15, 0.2) is 16.6 Å². The summed E-state index contributed by atoms with van der Waals surface area (Å²) in [6, 6.07) is 2.96. The third-order valence-corrected chi connectivity index (χ3v) is 3.34. The number of carbonyl (C=O) groups excluding carboxylic acids is 1. The second-order valence-electron chi connectivity index (χ2n) is 4.46. The Morgan fingerprint density at radius 2 is 1.95 bits per heavy atom. The van der Waals surface area contributed by atoms with Gasteiger partial charge in [-0.15, -0.1) is 0 Å². The monoisotopic (exact) mass is 361 g/mol. The van der Waals surface area contributed by atoms with Gasteiger partial charge in [0.2, 0.25) is 0 Å². The Bertz CT molecular complexity index is 558. The molecule has 1 aromatic carbocycles. The van der Waals surface area contributed by atoms with Crippen LogP contribution in [0.1, 0.15) is 17.3 Å². The zero-order valence-corrected chi connectivity index (χ0v) is 13.4. The van der Waals surface area contributed by atoms with Gasteiger partial charge in [0.15, 0.2) is 17.1 Å². The van der Waals surface area contributed by atoms with Crippen molar-refractivity contribution < 1.29 is 29.3 Å². The number of carboxylic acid groups (broad SMARTS) is 1. The third-order valence-electron chi connectivity index (χ3n) is 2.75. The normalized spacial score (nSPS) is 13.2. The molecular formula is C13H16BrNO6. The van der Waals surface area contributed by atoms with Gasteiger partial charge in [-0.3, -0.25) is 4.79 Å². The molecule has 0 saturated carbocycles. The molecule has 1 rings (SSSR count). The second-order valence-corrected chi connectivity index (χ2v) is 5.31. The lowest BCUT2D eigenvalue weighted by molar-refractivity contribution is -0.155. The quantitative estimate of drug-likeness (QED) is 0.698. The molecule has 0 aliphatic carbocycles. The van der Waals surface area contributed by atoms with Crippen LogP contribution >= 0.6 is 15.9 Å². The molecule has 0 radical (unpaired) electrons. The number of carbonyl (C=O) groups is 2. The number of methoxy groups -OCH3 is 2. The first-order valence-electron chi connectivity index (χ1n) is 5.88. The van der Waals surface area contributed by atoms with Crippen LogP contribution in [0.25, 0.3) is 0 Å². The van der Waals surface area contributed by atoms with Crippen molar-refractivity contribution in [3.8, 4) is 11.5 Å². The summed E-state index contributed by atoms with van der Waals surface area (Å²) in [5, 5.41) is 20.7. The Morgan fingerprint density at radius 1 is 1.33 bits per heavy atom. The predicted molar refractivity (Wildman–Crippen MR) is 77.8 cm³/mol. The highest BCUT2D eigenvalue weighted by Gasteiger charge is 2.30. The number of aliphatic carboxylic acids is 1. The van der Waals surface area contributed by atoms with Crippen LogP contribution in [0.4, 0.5) is 0 Å². The maximum absolute atomic E-state index is 12.0. The van der Waals surface area contributed by atoms with Gasteiger partial charge in [-0.1, -0.05) is 0 Å². The van der Waals surface area contributed by atoms with Gasteiger partial charge in [-0.05, 0) is 35.0 Å². The van der Waals surface area contributed by atoms with Crippen molar-refractivity contribution in [1.82, 2.24) is 5.32 Å². The number of amides is 1. The summed E-state index contributed by atoms with van der Waals surface area (Å²) in [5.41, 5.74) is -1.80. The van der Waals surface area contributed by atoms with E-state index in [0.717, 1.165) is 6.92 Å². The van der Waals surface area contributed by atoms with Crippen LogP contribution < -0.4 is 14.8 Å². The van der Waals surface area contributed by atoms with Crippen molar-refractivity contribution in [3.63, 3.8) is 0 Å². The van der Waals surface area contributed by atoms with Gasteiger partial charge in [0.25, 0.3) is 5.91 Å². The number of benzene rings is 1. The molecule has 0 bridgehead atoms. The molecule has 1 atom stereocenters. The summed E-state index contributed by atoms with van der Waals surface area (Å²) in [6.45, 7) is 0.674. The van der Waals surface area contributed by atoms with E-state index in [2.05, 4.69) is 21.2 Å². The molecule has 0 aromatic heterocycles. The Kier molecular flexibility index (Phi) is 5.56. The molecule has 0 aliphatic rings. The SMILES string of the molecule is COc1cc(C(=O)NCC(C)(O)C(=O)O)cc(Br)c1OC. The van der Waals surface area contributed by atoms with E-state index in [-0.39, 0.29) is 5.56 Å². The molecule has 1 amide bonds. The van der Waals surface area contributed by atoms with Crippen LogP contribution in [-0.2, 0) is 4.79 Å². The fraction of sp³-hybridized carbons (Fsp3) is 0.385. The topological polar surface area (TPSA) is 105 Å². The van der Waals surface area contributed by atoms with E-state index in [1.807, 2.05) is 0 Å². The van der Waals surface area contributed by atoms with Crippen LogP contribution in [0.5, 0.6) is 11.5 Å². The summed E-state index contributed by atoms with van der Waals surface area (Å²) >= 11 is 3.25. The highest BCUT2D eigenvalue weighted by atomic mass is 79.9. The smallest absolute Gasteiger partial charge is 0.337 e. The van der Waals surface area contributed by atoms with Crippen molar-refractivity contribution >= 4 is 27.8 Å². The molecule has 0 spiro atoms. The van der Waals surface area contributed by atoms with Gasteiger partial charge in [0.05, 0.1) is 25.2 Å². The van der Waals surface area contributed by atoms with E-state index in [1.54, 1.807) is 0 Å². The van der Waals surface area contributed by atoms with Crippen LogP contribution in [-0.4, -0.2) is 48.5 Å². The van der Waals surface area contributed by atoms with Crippen molar-refractivity contribution in [2.45, 2.75) is 12.5 Å². The lowest BCUT2D eigenvalue weighted by Gasteiger charge is -2.18. The Hall–Kier alpha value is -1.80. The summed E-state index contributed by atoms with van der Waals surface area (Å²) in [4.78, 5) is 22.8. The number of hydrogen-bond acceptors (Lipinski definition) is 5. The summed E-state index contributed by atoms with van der Waals surface area (Å²) in [6.07, 6.45) is 0. The second kappa shape index (κ2) is 6.77. The van der Waals surface area contributed by atoms with Gasteiger partial charge in [-0.25, -0.2) is 4.79 Å². The molecule has 21 heavy (non-hydrogen) atoms. The van der Waals surface area contributed by atoms with Crippen LogP contribution in [0.3, 0.4) is 0 Å². The van der Waals surface area contributed by atoms with Gasteiger partial charge in [0.1, 0.15) is 0 Å². The number of rotatable bonds is 6. The number of hydrogen-bond donors (Lipinski definition) is 3. The molecule has 0 heterocycles. The molecule has 0 fully saturated rings. The minimum atomic E-state index is -2.04. The Balaban J connectivity index is 2.94. The molecule has 8 heteroatoms. The Labute approximate surface area is 130 Å². The fourth-order valence-corrected chi connectivity index (χ4v) is 2.08. The molecule has 3 N–H and O–H groups in total. The standard InChI is InChI=1S/C13H16BrNO6/c1-13(19,12(17)18)6-15-11(16)7-4-8(14)10(21-3)9(5-7)20-2/h4-5,19H,6H2,1-3H3,(H,15,16)(H,17,18). The number of carboxylic acids is 1. The van der Waals surface area contributed by atoms with Gasteiger partial charge in [0, 0.05) is 5.56 Å². The summed E-state index contributed by atoms with van der Waals surface area (Å²) < 4.78 is 10.8. The number of halogens is 1. The van der Waals surface area contributed by atoms with Crippen LogP contribution in [0, 0.1) is 0 Å². The average molecular weight is 362 g/mol. The minimum absolute atomic E-state index is 0.237. The maximum Gasteiger partial charge on any atom is 0.337 e. The van der Waals surface area contributed by atoms with Crippen LogP contribution in [0.2, 0.25) is 0 Å². The van der Waals surface area contributed by atoms with Crippen molar-refractivity contribution in [2.24, 2.45) is 0 Å². The van der Waals surface area contributed by atoms with E-state index in [0.29, 0.717) is 16.0 Å². The largest absolute Gasteiger partial charge is 0.493 e. The number of aliphatic hydroxyl groups is 1. The molecular weight excluding hydrogens is 346 g/mol. The molecule has 7 nitrogen and oxygen atoms in total. The zero-order valence-electron chi connectivity index (χ0n) is 11.8.